The van der Waals surface area contributed by atoms with Crippen molar-refractivity contribution in [2.45, 2.75) is 13.0 Å². The number of carbonyl (C=O) groups excluding carboxylic acids is 2. The second-order valence-electron chi connectivity index (χ2n) is 6.73. The van der Waals surface area contributed by atoms with Gasteiger partial charge in [0.1, 0.15) is 11.6 Å². The maximum absolute atomic E-state index is 13.2. The topological polar surface area (TPSA) is 71.8 Å². The largest absolute Gasteiger partial charge is 0.484 e. The van der Waals surface area contributed by atoms with Gasteiger partial charge in [0.25, 0.3) is 11.8 Å². The predicted molar refractivity (Wildman–Crippen MR) is 104 cm³/mol. The summed E-state index contributed by atoms with van der Waals surface area (Å²) in [6.07, 6.45) is 2.21. The fourth-order valence-electron chi connectivity index (χ4n) is 3.27. The number of carbonyl (C=O) groups is 2. The summed E-state index contributed by atoms with van der Waals surface area (Å²) < 4.78 is 23.7. The number of amides is 2. The van der Waals surface area contributed by atoms with Crippen LogP contribution in [-0.2, 0) is 17.8 Å². The van der Waals surface area contributed by atoms with Crippen LogP contribution in [0.1, 0.15) is 21.7 Å². The quantitative estimate of drug-likeness (QED) is 0.717. The van der Waals surface area contributed by atoms with E-state index in [0.717, 1.165) is 17.5 Å². The lowest BCUT2D eigenvalue weighted by Crippen LogP contribution is -2.35. The summed E-state index contributed by atoms with van der Waals surface area (Å²) in [5.74, 6) is -0.330. The van der Waals surface area contributed by atoms with Crippen LogP contribution in [0.3, 0.4) is 0 Å². The van der Waals surface area contributed by atoms with Gasteiger partial charge in [-0.15, -0.1) is 0 Å². The van der Waals surface area contributed by atoms with E-state index >= 15 is 0 Å². The minimum atomic E-state index is -0.425. The van der Waals surface area contributed by atoms with Crippen LogP contribution in [0, 0.1) is 5.82 Å². The van der Waals surface area contributed by atoms with Gasteiger partial charge in [0.2, 0.25) is 0 Å². The zero-order valence-electron chi connectivity index (χ0n) is 15.6. The van der Waals surface area contributed by atoms with E-state index in [9.17, 15) is 14.0 Å². The van der Waals surface area contributed by atoms with E-state index in [4.69, 9.17) is 9.15 Å². The summed E-state index contributed by atoms with van der Waals surface area (Å²) in [5.41, 5.74) is 2.73. The van der Waals surface area contributed by atoms with Crippen LogP contribution in [-0.4, -0.2) is 29.9 Å². The summed E-state index contributed by atoms with van der Waals surface area (Å²) >= 11 is 0. The predicted octanol–water partition coefficient (Wildman–Crippen LogP) is 3.63. The van der Waals surface area contributed by atoms with Crippen molar-refractivity contribution < 1.29 is 23.1 Å². The minimum Gasteiger partial charge on any atom is -0.484 e. The molecule has 0 bridgehead atoms. The second kappa shape index (κ2) is 8.18. The molecule has 29 heavy (non-hydrogen) atoms. The molecule has 7 heteroatoms. The Morgan fingerprint density at radius 1 is 1.10 bits per heavy atom. The first-order valence-electron chi connectivity index (χ1n) is 9.21. The van der Waals surface area contributed by atoms with E-state index in [-0.39, 0.29) is 24.2 Å². The number of fused-ring (bicyclic) bond motifs is 1. The van der Waals surface area contributed by atoms with Crippen LogP contribution in [0.15, 0.2) is 65.3 Å². The third kappa shape index (κ3) is 4.45. The van der Waals surface area contributed by atoms with Gasteiger partial charge in [-0.1, -0.05) is 12.1 Å². The molecule has 2 heterocycles. The molecule has 1 aromatic heterocycles. The summed E-state index contributed by atoms with van der Waals surface area (Å²) in [6, 6.07) is 14.6. The average Bonchev–Trinajstić information content (AvgIpc) is 3.26. The molecule has 0 fully saturated rings. The fraction of sp³-hybridized carbons (Fsp3) is 0.182. The van der Waals surface area contributed by atoms with E-state index in [2.05, 4.69) is 5.32 Å². The Kier molecular flexibility index (Phi) is 5.29. The van der Waals surface area contributed by atoms with Gasteiger partial charge >= 0.3 is 0 Å². The standard InChI is InChI=1S/C22H19FN2O4/c23-17-3-1-4-19(12-17)29-14-21(26)24-18-7-6-15-8-9-25(13-16(15)11-18)22(27)20-5-2-10-28-20/h1-7,10-12H,8-9,13-14H2,(H,24,26). The lowest BCUT2D eigenvalue weighted by Gasteiger charge is -2.28. The molecule has 148 valence electrons. The van der Waals surface area contributed by atoms with Crippen LogP contribution < -0.4 is 10.1 Å². The Labute approximate surface area is 166 Å². The monoisotopic (exact) mass is 394 g/mol. The van der Waals surface area contributed by atoms with Crippen LogP contribution in [0.5, 0.6) is 5.75 Å². The van der Waals surface area contributed by atoms with Crippen molar-refractivity contribution in [1.82, 2.24) is 4.90 Å². The van der Waals surface area contributed by atoms with Gasteiger partial charge in [0, 0.05) is 24.8 Å². The van der Waals surface area contributed by atoms with Crippen molar-refractivity contribution in [1.29, 1.82) is 0 Å². The van der Waals surface area contributed by atoms with Gasteiger partial charge in [-0.2, -0.15) is 0 Å². The summed E-state index contributed by atoms with van der Waals surface area (Å²) in [5, 5.41) is 2.77. The first-order valence-corrected chi connectivity index (χ1v) is 9.21. The van der Waals surface area contributed by atoms with E-state index in [1.807, 2.05) is 18.2 Å². The van der Waals surface area contributed by atoms with Crippen LogP contribution >= 0.6 is 0 Å². The van der Waals surface area contributed by atoms with Crippen LogP contribution in [0.2, 0.25) is 0 Å². The highest BCUT2D eigenvalue weighted by atomic mass is 19.1. The van der Waals surface area contributed by atoms with Crippen molar-refractivity contribution in [2.24, 2.45) is 0 Å². The van der Waals surface area contributed by atoms with Gasteiger partial charge in [0.05, 0.1) is 6.26 Å². The van der Waals surface area contributed by atoms with Crippen molar-refractivity contribution in [3.05, 3.63) is 83.6 Å². The number of hydrogen-bond donors (Lipinski definition) is 1. The molecule has 0 atom stereocenters. The van der Waals surface area contributed by atoms with Gasteiger partial charge in [-0.25, -0.2) is 4.39 Å². The highest BCUT2D eigenvalue weighted by Crippen LogP contribution is 2.24. The smallest absolute Gasteiger partial charge is 0.289 e. The number of nitrogens with one attached hydrogen (secondary N) is 1. The number of rotatable bonds is 5. The van der Waals surface area contributed by atoms with Crippen molar-refractivity contribution >= 4 is 17.5 Å². The van der Waals surface area contributed by atoms with Crippen LogP contribution in [0.25, 0.3) is 0 Å². The normalized spacial score (nSPS) is 12.9. The van der Waals surface area contributed by atoms with Crippen molar-refractivity contribution in [3.63, 3.8) is 0 Å². The maximum Gasteiger partial charge on any atom is 0.289 e. The summed E-state index contributed by atoms with van der Waals surface area (Å²) in [4.78, 5) is 26.4. The van der Waals surface area contributed by atoms with E-state index < -0.39 is 5.82 Å². The number of hydrogen-bond acceptors (Lipinski definition) is 4. The number of furan rings is 1. The molecule has 0 unspecified atom stereocenters. The number of nitrogens with zero attached hydrogens (tertiary/aromatic N) is 1. The van der Waals surface area contributed by atoms with E-state index in [0.29, 0.717) is 24.5 Å². The molecule has 0 aliphatic carbocycles. The average molecular weight is 394 g/mol. The molecule has 1 N–H and O–H groups in total. The zero-order chi connectivity index (χ0) is 20.2. The fourth-order valence-corrected chi connectivity index (χ4v) is 3.27. The van der Waals surface area contributed by atoms with Gasteiger partial charge < -0.3 is 19.4 Å². The van der Waals surface area contributed by atoms with Crippen molar-refractivity contribution in [2.75, 3.05) is 18.5 Å². The molecular weight excluding hydrogens is 375 g/mol. The second-order valence-corrected chi connectivity index (χ2v) is 6.73. The molecular formula is C22H19FN2O4. The molecule has 0 radical (unpaired) electrons. The number of ether oxygens (including phenoxy) is 1. The maximum atomic E-state index is 13.2. The van der Waals surface area contributed by atoms with Gasteiger partial charge in [-0.05, 0) is 53.9 Å². The first-order chi connectivity index (χ1) is 14.1. The molecule has 2 aromatic carbocycles. The molecule has 3 aromatic rings. The number of halogens is 1. The number of anilines is 1. The van der Waals surface area contributed by atoms with Gasteiger partial charge in [-0.3, -0.25) is 9.59 Å². The molecule has 2 amide bonds. The molecule has 0 saturated heterocycles. The molecule has 0 saturated carbocycles. The lowest BCUT2D eigenvalue weighted by molar-refractivity contribution is -0.118. The Morgan fingerprint density at radius 3 is 2.79 bits per heavy atom. The highest BCUT2D eigenvalue weighted by molar-refractivity contribution is 5.92. The summed E-state index contributed by atoms with van der Waals surface area (Å²) in [6.45, 7) is 0.821. The number of benzene rings is 2. The Balaban J connectivity index is 1.38. The van der Waals surface area contributed by atoms with Gasteiger partial charge in [0.15, 0.2) is 12.4 Å². The van der Waals surface area contributed by atoms with Crippen LogP contribution in [0.4, 0.5) is 10.1 Å². The third-order valence-electron chi connectivity index (χ3n) is 4.69. The molecule has 1 aliphatic heterocycles. The molecule has 1 aliphatic rings. The third-order valence-corrected chi connectivity index (χ3v) is 4.69. The Bertz CT molecular complexity index is 1030. The minimum absolute atomic E-state index is 0.154. The highest BCUT2D eigenvalue weighted by Gasteiger charge is 2.23. The molecule has 6 nitrogen and oxygen atoms in total. The van der Waals surface area contributed by atoms with E-state index in [1.165, 1.54) is 24.5 Å². The zero-order valence-corrected chi connectivity index (χ0v) is 15.6. The Morgan fingerprint density at radius 2 is 2.00 bits per heavy atom. The summed E-state index contributed by atoms with van der Waals surface area (Å²) in [7, 11) is 0. The SMILES string of the molecule is O=C(COc1cccc(F)c1)Nc1ccc2c(c1)CN(C(=O)c1ccco1)CC2. The first kappa shape index (κ1) is 18.7. The Hall–Kier alpha value is -3.61. The molecule has 0 spiro atoms. The molecule has 4 rings (SSSR count). The van der Waals surface area contributed by atoms with Crippen molar-refractivity contribution in [3.8, 4) is 5.75 Å². The lowest BCUT2D eigenvalue weighted by atomic mass is 9.99. The van der Waals surface area contributed by atoms with E-state index in [1.54, 1.807) is 23.1 Å².